The fourth-order valence-electron chi connectivity index (χ4n) is 8.36. The zero-order valence-electron chi connectivity index (χ0n) is 24.1. The molecule has 3 fully saturated rings. The predicted octanol–water partition coefficient (Wildman–Crippen LogP) is 11.6. The monoisotopic (exact) mass is 538 g/mol. The molecule has 3 aliphatic rings. The summed E-state index contributed by atoms with van der Waals surface area (Å²) < 4.78 is 42.4. The molecule has 0 aromatic heterocycles. The summed E-state index contributed by atoms with van der Waals surface area (Å²) in [6.45, 7) is 2.27. The topological polar surface area (TPSA) is 0 Å². The summed E-state index contributed by atoms with van der Waals surface area (Å²) in [6, 6.07) is 10.7. The molecule has 39 heavy (non-hydrogen) atoms. The summed E-state index contributed by atoms with van der Waals surface area (Å²) in [5, 5.41) is 0. The normalized spacial score (nSPS) is 29.8. The molecule has 0 bridgehead atoms. The average Bonchev–Trinajstić information content (AvgIpc) is 2.97. The Balaban J connectivity index is 1.07. The van der Waals surface area contributed by atoms with Crippen LogP contribution >= 0.6 is 0 Å². The minimum absolute atomic E-state index is 0.0321. The summed E-state index contributed by atoms with van der Waals surface area (Å²) >= 11 is 0. The Labute approximate surface area is 235 Å². The lowest BCUT2D eigenvalue weighted by Gasteiger charge is -2.38. The van der Waals surface area contributed by atoms with Crippen LogP contribution in [-0.2, 0) is 0 Å². The van der Waals surface area contributed by atoms with Crippen LogP contribution in [0.3, 0.4) is 0 Å². The number of hydrogen-bond acceptors (Lipinski definition) is 0. The molecular formula is C36H49F3. The quantitative estimate of drug-likeness (QED) is 0.279. The van der Waals surface area contributed by atoms with Gasteiger partial charge in [-0.15, -0.1) is 0 Å². The summed E-state index contributed by atoms with van der Waals surface area (Å²) in [5.41, 5.74) is 3.13. The molecule has 5 rings (SSSR count). The van der Waals surface area contributed by atoms with E-state index in [0.717, 1.165) is 54.6 Å². The van der Waals surface area contributed by atoms with Gasteiger partial charge in [0.1, 0.15) is 5.82 Å². The van der Waals surface area contributed by atoms with Gasteiger partial charge in [-0.1, -0.05) is 57.2 Å². The van der Waals surface area contributed by atoms with Crippen molar-refractivity contribution in [1.29, 1.82) is 0 Å². The second-order valence-corrected chi connectivity index (χ2v) is 13.2. The van der Waals surface area contributed by atoms with E-state index in [9.17, 15) is 8.78 Å². The lowest BCUT2D eigenvalue weighted by molar-refractivity contribution is 0.176. The van der Waals surface area contributed by atoms with Crippen molar-refractivity contribution in [3.63, 3.8) is 0 Å². The molecule has 214 valence electrons. The lowest BCUT2D eigenvalue weighted by Crippen LogP contribution is -2.25. The molecule has 0 radical (unpaired) electrons. The molecular weight excluding hydrogens is 489 g/mol. The second kappa shape index (κ2) is 13.7. The van der Waals surface area contributed by atoms with Crippen molar-refractivity contribution in [2.24, 2.45) is 17.8 Å². The van der Waals surface area contributed by atoms with Crippen molar-refractivity contribution < 1.29 is 13.2 Å². The van der Waals surface area contributed by atoms with Crippen molar-refractivity contribution in [3.8, 4) is 0 Å². The predicted molar refractivity (Wildman–Crippen MR) is 156 cm³/mol. The first kappa shape index (κ1) is 28.7. The fraction of sp³-hybridized carbons (Fsp3) is 0.667. The lowest BCUT2D eigenvalue weighted by atomic mass is 9.67. The van der Waals surface area contributed by atoms with Crippen LogP contribution in [-0.4, -0.2) is 0 Å². The largest absolute Gasteiger partial charge is 0.207 e. The third-order valence-corrected chi connectivity index (χ3v) is 10.9. The van der Waals surface area contributed by atoms with Crippen LogP contribution in [0.2, 0.25) is 0 Å². The number of unbranched alkanes of at least 4 members (excludes halogenated alkanes) is 3. The fourth-order valence-corrected chi connectivity index (χ4v) is 8.36. The Hall–Kier alpha value is -1.77. The molecule has 0 atom stereocenters. The minimum atomic E-state index is -0.758. The first-order chi connectivity index (χ1) is 19.0. The van der Waals surface area contributed by atoms with Gasteiger partial charge in [-0.25, -0.2) is 13.2 Å². The van der Waals surface area contributed by atoms with Crippen LogP contribution < -0.4 is 0 Å². The summed E-state index contributed by atoms with van der Waals surface area (Å²) in [5.74, 6) is 2.13. The van der Waals surface area contributed by atoms with Gasteiger partial charge in [0.2, 0.25) is 0 Å². The summed E-state index contributed by atoms with van der Waals surface area (Å²) in [6.07, 6.45) is 20.9. The van der Waals surface area contributed by atoms with Crippen molar-refractivity contribution >= 4 is 0 Å². The van der Waals surface area contributed by atoms with Crippen molar-refractivity contribution in [3.05, 3.63) is 70.5 Å². The van der Waals surface area contributed by atoms with Crippen molar-refractivity contribution in [2.75, 3.05) is 0 Å². The Morgan fingerprint density at radius 3 is 1.64 bits per heavy atom. The molecule has 0 N–H and O–H groups in total. The summed E-state index contributed by atoms with van der Waals surface area (Å²) in [4.78, 5) is 0. The van der Waals surface area contributed by atoms with Crippen LogP contribution in [0.25, 0.3) is 0 Å². The summed E-state index contributed by atoms with van der Waals surface area (Å²) in [7, 11) is 0. The van der Waals surface area contributed by atoms with Gasteiger partial charge in [0.15, 0.2) is 11.6 Å². The average molecular weight is 539 g/mol. The van der Waals surface area contributed by atoms with Gasteiger partial charge in [-0.3, -0.25) is 0 Å². The van der Waals surface area contributed by atoms with E-state index in [1.807, 2.05) is 6.07 Å². The molecule has 0 amide bonds. The Kier molecular flexibility index (Phi) is 10.1. The van der Waals surface area contributed by atoms with E-state index in [4.69, 9.17) is 0 Å². The van der Waals surface area contributed by atoms with Crippen LogP contribution in [0.5, 0.6) is 0 Å². The van der Waals surface area contributed by atoms with Crippen molar-refractivity contribution in [1.82, 2.24) is 0 Å². The number of rotatable bonds is 9. The van der Waals surface area contributed by atoms with E-state index < -0.39 is 11.6 Å². The molecule has 0 aliphatic heterocycles. The van der Waals surface area contributed by atoms with Crippen LogP contribution in [0.4, 0.5) is 13.2 Å². The highest BCUT2D eigenvalue weighted by atomic mass is 19.2. The van der Waals surface area contributed by atoms with Gasteiger partial charge >= 0.3 is 0 Å². The third-order valence-electron chi connectivity index (χ3n) is 10.9. The molecule has 0 heterocycles. The van der Waals surface area contributed by atoms with Crippen molar-refractivity contribution in [2.45, 2.75) is 134 Å². The smallest absolute Gasteiger partial charge is 0.159 e. The SMILES string of the molecule is CCCCCCC1CCC(c2ccc(C3CCC(C4CCC(c5ccc(F)c(F)c5)CC4)CC3)c(F)c2)CC1. The van der Waals surface area contributed by atoms with E-state index >= 15 is 4.39 Å². The number of hydrogen-bond donors (Lipinski definition) is 0. The Bertz CT molecular complexity index is 1040. The maximum Gasteiger partial charge on any atom is 0.159 e. The maximum absolute atomic E-state index is 15.4. The van der Waals surface area contributed by atoms with E-state index in [-0.39, 0.29) is 5.82 Å². The standard InChI is InChI=1S/C36H49F3/c1-2-3-4-5-6-25-7-9-28(10-8-25)31-19-21-33(35(38)23-31)30-17-15-27(16-18-30)26-11-13-29(14-12-26)32-20-22-34(37)36(39)24-32/h19-30H,2-18H2,1H3. The molecule has 0 unspecified atom stereocenters. The number of halogens is 3. The molecule has 3 saturated carbocycles. The van der Waals surface area contributed by atoms with E-state index in [1.54, 1.807) is 6.07 Å². The van der Waals surface area contributed by atoms with Gasteiger partial charge in [0, 0.05) is 0 Å². The molecule has 0 spiro atoms. The van der Waals surface area contributed by atoms with Crippen LogP contribution in [0.15, 0.2) is 36.4 Å². The second-order valence-electron chi connectivity index (χ2n) is 13.2. The highest BCUT2D eigenvalue weighted by Crippen LogP contribution is 2.46. The van der Waals surface area contributed by atoms with Gasteiger partial charge in [-0.2, -0.15) is 0 Å². The van der Waals surface area contributed by atoms with Gasteiger partial charge in [0.25, 0.3) is 0 Å². The molecule has 2 aromatic rings. The zero-order chi connectivity index (χ0) is 27.2. The van der Waals surface area contributed by atoms with Crippen LogP contribution in [0.1, 0.15) is 151 Å². The Morgan fingerprint density at radius 1 is 0.538 bits per heavy atom. The Morgan fingerprint density at radius 2 is 1.08 bits per heavy atom. The van der Waals surface area contributed by atoms with E-state index in [0.29, 0.717) is 17.8 Å². The van der Waals surface area contributed by atoms with Crippen LogP contribution in [0, 0.1) is 35.2 Å². The molecule has 3 heteroatoms. The molecule has 3 aliphatic carbocycles. The first-order valence-corrected chi connectivity index (χ1v) is 16.3. The van der Waals surface area contributed by atoms with Gasteiger partial charge in [0.05, 0.1) is 0 Å². The third kappa shape index (κ3) is 7.31. The van der Waals surface area contributed by atoms with Gasteiger partial charge < -0.3 is 0 Å². The first-order valence-electron chi connectivity index (χ1n) is 16.3. The highest BCUT2D eigenvalue weighted by molar-refractivity contribution is 5.30. The maximum atomic E-state index is 15.4. The molecule has 0 saturated heterocycles. The number of benzene rings is 2. The van der Waals surface area contributed by atoms with E-state index in [1.165, 1.54) is 101 Å². The van der Waals surface area contributed by atoms with Gasteiger partial charge in [-0.05, 0) is 147 Å². The minimum Gasteiger partial charge on any atom is -0.207 e. The molecule has 2 aromatic carbocycles. The van der Waals surface area contributed by atoms with E-state index in [2.05, 4.69) is 19.1 Å². The molecule has 0 nitrogen and oxygen atoms in total. The zero-order valence-corrected chi connectivity index (χ0v) is 24.1. The highest BCUT2D eigenvalue weighted by Gasteiger charge is 2.33.